The third-order valence-electron chi connectivity index (χ3n) is 5.35. The lowest BCUT2D eigenvalue weighted by molar-refractivity contribution is 0.800. The summed E-state index contributed by atoms with van der Waals surface area (Å²) in [6, 6.07) is 41.0. The molecule has 0 aliphatic carbocycles. The van der Waals surface area contributed by atoms with Crippen molar-refractivity contribution in [2.75, 3.05) is 4.90 Å². The molecule has 0 saturated carbocycles. The van der Waals surface area contributed by atoms with Crippen molar-refractivity contribution in [3.05, 3.63) is 144 Å². The van der Waals surface area contributed by atoms with Gasteiger partial charge in [-0.15, -0.1) is 0 Å². The first kappa shape index (κ1) is 16.6. The quantitative estimate of drug-likeness (QED) is 0.394. The van der Waals surface area contributed by atoms with Crippen LogP contribution in [0.25, 0.3) is 5.57 Å². The van der Waals surface area contributed by atoms with Gasteiger partial charge in [-0.25, -0.2) is 0 Å². The molecule has 0 aromatic heterocycles. The van der Waals surface area contributed by atoms with E-state index < -0.39 is 0 Å². The standard InChI is InChI=1S/C27H21N/c1-4-12-21(13-5-1)26-20-28(23-16-8-3-9-17-23)27(22-14-6-2-7-15-22)25-19-11-10-18-24(25)26/h1-20,27H. The van der Waals surface area contributed by atoms with E-state index in [2.05, 4.69) is 126 Å². The molecule has 0 N–H and O–H groups in total. The zero-order valence-electron chi connectivity index (χ0n) is 15.6. The SMILES string of the molecule is C1=C(c2ccccc2)c2ccccc2C(c2ccccc2)N1c1ccccc1. The summed E-state index contributed by atoms with van der Waals surface area (Å²) < 4.78 is 0. The van der Waals surface area contributed by atoms with E-state index in [1.165, 1.54) is 33.5 Å². The number of nitrogens with zero attached hydrogens (tertiary/aromatic N) is 1. The highest BCUT2D eigenvalue weighted by Gasteiger charge is 2.29. The summed E-state index contributed by atoms with van der Waals surface area (Å²) in [4.78, 5) is 2.40. The number of para-hydroxylation sites is 1. The monoisotopic (exact) mass is 359 g/mol. The highest BCUT2D eigenvalue weighted by molar-refractivity contribution is 5.86. The molecule has 0 saturated heterocycles. The summed E-state index contributed by atoms with van der Waals surface area (Å²) in [7, 11) is 0. The molecule has 0 bridgehead atoms. The fourth-order valence-corrected chi connectivity index (χ4v) is 4.06. The lowest BCUT2D eigenvalue weighted by atomic mass is 9.84. The topological polar surface area (TPSA) is 3.24 Å². The van der Waals surface area contributed by atoms with Gasteiger partial charge in [-0.05, 0) is 34.4 Å². The van der Waals surface area contributed by atoms with Crippen molar-refractivity contribution < 1.29 is 0 Å². The first-order chi connectivity index (χ1) is 13.9. The normalized spacial score (nSPS) is 15.6. The maximum absolute atomic E-state index is 2.40. The Balaban J connectivity index is 1.77. The van der Waals surface area contributed by atoms with Gasteiger partial charge in [0.05, 0.1) is 6.04 Å². The van der Waals surface area contributed by atoms with E-state index in [9.17, 15) is 0 Å². The van der Waals surface area contributed by atoms with Crippen LogP contribution in [0.15, 0.2) is 121 Å². The van der Waals surface area contributed by atoms with Crippen LogP contribution in [-0.4, -0.2) is 0 Å². The van der Waals surface area contributed by atoms with Crippen LogP contribution in [0.2, 0.25) is 0 Å². The zero-order chi connectivity index (χ0) is 18.8. The number of fused-ring (bicyclic) bond motifs is 1. The average molecular weight is 359 g/mol. The molecule has 4 aromatic carbocycles. The summed E-state index contributed by atoms with van der Waals surface area (Å²) in [6.45, 7) is 0. The summed E-state index contributed by atoms with van der Waals surface area (Å²) in [6.07, 6.45) is 2.31. The van der Waals surface area contributed by atoms with Crippen LogP contribution in [0.1, 0.15) is 28.3 Å². The Labute approximate surface area is 166 Å². The molecule has 1 aliphatic heterocycles. The number of anilines is 1. The maximum atomic E-state index is 2.40. The number of hydrogen-bond acceptors (Lipinski definition) is 1. The van der Waals surface area contributed by atoms with E-state index in [4.69, 9.17) is 0 Å². The molecular formula is C27H21N. The van der Waals surface area contributed by atoms with Crippen LogP contribution < -0.4 is 4.90 Å². The highest BCUT2D eigenvalue weighted by atomic mass is 15.2. The van der Waals surface area contributed by atoms with Crippen molar-refractivity contribution in [1.82, 2.24) is 0 Å². The van der Waals surface area contributed by atoms with Gasteiger partial charge in [0.1, 0.15) is 0 Å². The molecule has 28 heavy (non-hydrogen) atoms. The van der Waals surface area contributed by atoms with Gasteiger partial charge < -0.3 is 4.90 Å². The molecule has 4 aromatic rings. The van der Waals surface area contributed by atoms with Gasteiger partial charge in [0.15, 0.2) is 0 Å². The summed E-state index contributed by atoms with van der Waals surface area (Å²) in [5.41, 5.74) is 7.62. The van der Waals surface area contributed by atoms with Crippen LogP contribution in [0.3, 0.4) is 0 Å². The second-order valence-corrected chi connectivity index (χ2v) is 7.05. The van der Waals surface area contributed by atoms with E-state index in [0.29, 0.717) is 0 Å². The molecule has 0 amide bonds. The third kappa shape index (κ3) is 2.91. The molecule has 0 radical (unpaired) electrons. The molecule has 5 rings (SSSR count). The first-order valence-corrected chi connectivity index (χ1v) is 9.67. The summed E-state index contributed by atoms with van der Waals surface area (Å²) in [5, 5.41) is 0. The predicted octanol–water partition coefficient (Wildman–Crippen LogP) is 6.69. The van der Waals surface area contributed by atoms with E-state index in [0.717, 1.165) is 0 Å². The highest BCUT2D eigenvalue weighted by Crippen LogP contribution is 2.43. The van der Waals surface area contributed by atoms with Crippen molar-refractivity contribution in [1.29, 1.82) is 0 Å². The Hall–Kier alpha value is -3.58. The molecular weight excluding hydrogens is 338 g/mol. The molecule has 1 atom stereocenters. The van der Waals surface area contributed by atoms with Crippen LogP contribution in [0, 0.1) is 0 Å². The summed E-state index contributed by atoms with van der Waals surface area (Å²) >= 11 is 0. The second kappa shape index (κ2) is 7.21. The predicted molar refractivity (Wildman–Crippen MR) is 117 cm³/mol. The number of hydrogen-bond donors (Lipinski definition) is 0. The minimum Gasteiger partial charge on any atom is -0.336 e. The van der Waals surface area contributed by atoms with E-state index >= 15 is 0 Å². The van der Waals surface area contributed by atoms with E-state index in [1.807, 2.05) is 0 Å². The Bertz CT molecular complexity index is 1100. The number of rotatable bonds is 3. The Morgan fingerprint density at radius 1 is 0.536 bits per heavy atom. The lowest BCUT2D eigenvalue weighted by Gasteiger charge is -2.37. The number of benzene rings is 4. The van der Waals surface area contributed by atoms with Gasteiger partial charge in [0.2, 0.25) is 0 Å². The van der Waals surface area contributed by atoms with Gasteiger partial charge in [0.25, 0.3) is 0 Å². The largest absolute Gasteiger partial charge is 0.336 e. The molecule has 0 spiro atoms. The smallest absolute Gasteiger partial charge is 0.0845 e. The van der Waals surface area contributed by atoms with Crippen LogP contribution in [0.4, 0.5) is 5.69 Å². The molecule has 1 heterocycles. The Morgan fingerprint density at radius 3 is 1.82 bits per heavy atom. The van der Waals surface area contributed by atoms with Crippen molar-refractivity contribution in [3.8, 4) is 0 Å². The third-order valence-corrected chi connectivity index (χ3v) is 5.35. The van der Waals surface area contributed by atoms with Gasteiger partial charge in [0, 0.05) is 17.5 Å². The fourth-order valence-electron chi connectivity index (χ4n) is 4.06. The van der Waals surface area contributed by atoms with Crippen LogP contribution in [-0.2, 0) is 0 Å². The van der Waals surface area contributed by atoms with Crippen molar-refractivity contribution in [2.24, 2.45) is 0 Å². The lowest BCUT2D eigenvalue weighted by Crippen LogP contribution is -2.29. The van der Waals surface area contributed by atoms with E-state index in [-0.39, 0.29) is 6.04 Å². The van der Waals surface area contributed by atoms with E-state index in [1.54, 1.807) is 0 Å². The van der Waals surface area contributed by atoms with Gasteiger partial charge in [-0.3, -0.25) is 0 Å². The molecule has 134 valence electrons. The molecule has 1 nitrogen and oxygen atoms in total. The van der Waals surface area contributed by atoms with Crippen molar-refractivity contribution >= 4 is 11.3 Å². The molecule has 0 fully saturated rings. The van der Waals surface area contributed by atoms with Crippen molar-refractivity contribution in [2.45, 2.75) is 6.04 Å². The molecule has 1 unspecified atom stereocenters. The minimum absolute atomic E-state index is 0.146. The van der Waals surface area contributed by atoms with Crippen LogP contribution in [0.5, 0.6) is 0 Å². The fraction of sp³-hybridized carbons (Fsp3) is 0.0370. The van der Waals surface area contributed by atoms with Crippen LogP contribution >= 0.6 is 0 Å². The van der Waals surface area contributed by atoms with Gasteiger partial charge >= 0.3 is 0 Å². The Morgan fingerprint density at radius 2 is 1.11 bits per heavy atom. The average Bonchev–Trinajstić information content (AvgIpc) is 2.80. The molecule has 1 heteroatoms. The maximum Gasteiger partial charge on any atom is 0.0845 e. The second-order valence-electron chi connectivity index (χ2n) is 7.05. The van der Waals surface area contributed by atoms with Gasteiger partial charge in [-0.2, -0.15) is 0 Å². The zero-order valence-corrected chi connectivity index (χ0v) is 15.6. The molecule has 1 aliphatic rings. The van der Waals surface area contributed by atoms with Crippen molar-refractivity contribution in [3.63, 3.8) is 0 Å². The summed E-state index contributed by atoms with van der Waals surface area (Å²) in [5.74, 6) is 0. The Kier molecular flexibility index (Phi) is 4.27. The minimum atomic E-state index is 0.146. The first-order valence-electron chi connectivity index (χ1n) is 9.67. The van der Waals surface area contributed by atoms with Gasteiger partial charge in [-0.1, -0.05) is 103 Å².